The number of halogens is 2. The molecule has 19 heavy (non-hydrogen) atoms. The highest BCUT2D eigenvalue weighted by molar-refractivity contribution is 6.42. The molecule has 0 aliphatic heterocycles. The highest BCUT2D eigenvalue weighted by Gasteiger charge is 2.16. The zero-order valence-electron chi connectivity index (χ0n) is 11.0. The van der Waals surface area contributed by atoms with Crippen LogP contribution in [0.2, 0.25) is 10.0 Å². The first-order valence-corrected chi connectivity index (χ1v) is 6.58. The summed E-state index contributed by atoms with van der Waals surface area (Å²) in [6.07, 6.45) is 0. The molecule has 0 radical (unpaired) electrons. The molecule has 0 aliphatic rings. The summed E-state index contributed by atoms with van der Waals surface area (Å²) in [6, 6.07) is 4.84. The predicted molar refractivity (Wildman–Crippen MR) is 76.1 cm³/mol. The van der Waals surface area contributed by atoms with Crippen LogP contribution >= 0.6 is 23.2 Å². The van der Waals surface area contributed by atoms with Gasteiger partial charge in [0.2, 0.25) is 0 Å². The van der Waals surface area contributed by atoms with Gasteiger partial charge in [0.25, 0.3) is 5.91 Å². The Kier molecular flexibility index (Phi) is 7.16. The summed E-state index contributed by atoms with van der Waals surface area (Å²) in [5.74, 6) is -0.118. The van der Waals surface area contributed by atoms with Crippen molar-refractivity contribution < 1.29 is 14.3 Å². The molecule has 106 valence electrons. The fraction of sp³-hybridized carbons (Fsp3) is 0.462. The van der Waals surface area contributed by atoms with E-state index in [-0.39, 0.29) is 5.91 Å². The SMILES string of the molecule is COCCN(CCOC)C(=O)c1ccc(Cl)c(Cl)c1. The number of ether oxygens (including phenoxy) is 2. The molecule has 0 N–H and O–H groups in total. The molecule has 0 unspecified atom stereocenters. The van der Waals surface area contributed by atoms with Gasteiger partial charge in [0, 0.05) is 32.9 Å². The Balaban J connectivity index is 2.81. The van der Waals surface area contributed by atoms with Gasteiger partial charge in [-0.05, 0) is 18.2 Å². The smallest absolute Gasteiger partial charge is 0.254 e. The monoisotopic (exact) mass is 305 g/mol. The van der Waals surface area contributed by atoms with Gasteiger partial charge in [-0.1, -0.05) is 23.2 Å². The standard InChI is InChI=1S/C13H17Cl2NO3/c1-18-7-5-16(6-8-19-2)13(17)10-3-4-11(14)12(15)9-10/h3-4,9H,5-8H2,1-2H3. The van der Waals surface area contributed by atoms with Crippen molar-refractivity contribution in [1.29, 1.82) is 0 Å². The van der Waals surface area contributed by atoms with Crippen LogP contribution in [0.1, 0.15) is 10.4 Å². The first-order valence-electron chi connectivity index (χ1n) is 5.82. The molecule has 4 nitrogen and oxygen atoms in total. The minimum atomic E-state index is -0.118. The third kappa shape index (κ3) is 4.99. The molecular formula is C13H17Cl2NO3. The molecular weight excluding hydrogens is 289 g/mol. The molecule has 0 atom stereocenters. The van der Waals surface area contributed by atoms with Crippen LogP contribution in [-0.2, 0) is 9.47 Å². The second-order valence-corrected chi connectivity index (χ2v) is 4.72. The number of hydrogen-bond donors (Lipinski definition) is 0. The maximum Gasteiger partial charge on any atom is 0.254 e. The Morgan fingerprint density at radius 2 is 1.68 bits per heavy atom. The molecule has 0 spiro atoms. The largest absolute Gasteiger partial charge is 0.383 e. The summed E-state index contributed by atoms with van der Waals surface area (Å²) >= 11 is 11.8. The van der Waals surface area contributed by atoms with Gasteiger partial charge >= 0.3 is 0 Å². The Morgan fingerprint density at radius 3 is 2.16 bits per heavy atom. The number of nitrogens with zero attached hydrogens (tertiary/aromatic N) is 1. The van der Waals surface area contributed by atoms with Crippen LogP contribution in [0.25, 0.3) is 0 Å². The number of carbonyl (C=O) groups excluding carboxylic acids is 1. The van der Waals surface area contributed by atoms with E-state index < -0.39 is 0 Å². The van der Waals surface area contributed by atoms with E-state index in [9.17, 15) is 4.79 Å². The number of methoxy groups -OCH3 is 2. The summed E-state index contributed by atoms with van der Waals surface area (Å²) in [5.41, 5.74) is 0.501. The maximum atomic E-state index is 12.3. The Bertz CT molecular complexity index is 418. The average molecular weight is 306 g/mol. The molecule has 1 aromatic carbocycles. The van der Waals surface area contributed by atoms with Gasteiger partial charge in [-0.3, -0.25) is 4.79 Å². The second-order valence-electron chi connectivity index (χ2n) is 3.91. The zero-order valence-corrected chi connectivity index (χ0v) is 12.5. The van der Waals surface area contributed by atoms with Crippen molar-refractivity contribution in [1.82, 2.24) is 4.90 Å². The van der Waals surface area contributed by atoms with Crippen LogP contribution < -0.4 is 0 Å². The zero-order chi connectivity index (χ0) is 14.3. The average Bonchev–Trinajstić information content (AvgIpc) is 2.41. The first kappa shape index (κ1) is 16.2. The fourth-order valence-corrected chi connectivity index (χ4v) is 1.83. The summed E-state index contributed by atoms with van der Waals surface area (Å²) < 4.78 is 10.00. The van der Waals surface area contributed by atoms with Crippen molar-refractivity contribution in [3.8, 4) is 0 Å². The van der Waals surface area contributed by atoms with Crippen LogP contribution in [0.15, 0.2) is 18.2 Å². The Hall–Kier alpha value is -0.810. The topological polar surface area (TPSA) is 38.8 Å². The predicted octanol–water partition coefficient (Wildman–Crippen LogP) is 2.73. The van der Waals surface area contributed by atoms with Crippen LogP contribution in [0, 0.1) is 0 Å². The van der Waals surface area contributed by atoms with E-state index in [2.05, 4.69) is 0 Å². The van der Waals surface area contributed by atoms with Crippen LogP contribution in [0.5, 0.6) is 0 Å². The minimum Gasteiger partial charge on any atom is -0.383 e. The Labute approximate surface area is 123 Å². The molecule has 0 saturated carbocycles. The van der Waals surface area contributed by atoms with Gasteiger partial charge in [-0.2, -0.15) is 0 Å². The highest BCUT2D eigenvalue weighted by Crippen LogP contribution is 2.23. The van der Waals surface area contributed by atoms with Crippen molar-refractivity contribution in [3.05, 3.63) is 33.8 Å². The molecule has 0 bridgehead atoms. The van der Waals surface area contributed by atoms with Gasteiger partial charge in [0.1, 0.15) is 0 Å². The van der Waals surface area contributed by atoms with Gasteiger partial charge < -0.3 is 14.4 Å². The van der Waals surface area contributed by atoms with Crippen molar-refractivity contribution in [2.45, 2.75) is 0 Å². The molecule has 0 fully saturated rings. The van der Waals surface area contributed by atoms with Crippen molar-refractivity contribution >= 4 is 29.1 Å². The van der Waals surface area contributed by atoms with E-state index >= 15 is 0 Å². The lowest BCUT2D eigenvalue weighted by Gasteiger charge is -2.22. The lowest BCUT2D eigenvalue weighted by Crippen LogP contribution is -2.36. The Morgan fingerprint density at radius 1 is 1.11 bits per heavy atom. The quantitative estimate of drug-likeness (QED) is 0.777. The molecule has 0 aliphatic carbocycles. The van der Waals surface area contributed by atoms with E-state index in [1.54, 1.807) is 37.3 Å². The summed E-state index contributed by atoms with van der Waals surface area (Å²) in [6.45, 7) is 1.94. The number of carbonyl (C=O) groups is 1. The molecule has 1 rings (SSSR count). The van der Waals surface area contributed by atoms with E-state index in [1.165, 1.54) is 0 Å². The second kappa shape index (κ2) is 8.38. The van der Waals surface area contributed by atoms with Gasteiger partial charge in [0.15, 0.2) is 0 Å². The van der Waals surface area contributed by atoms with Gasteiger partial charge in [-0.15, -0.1) is 0 Å². The van der Waals surface area contributed by atoms with Crippen molar-refractivity contribution in [2.75, 3.05) is 40.5 Å². The van der Waals surface area contributed by atoms with E-state index in [0.717, 1.165) is 0 Å². The van der Waals surface area contributed by atoms with Crippen LogP contribution in [0.3, 0.4) is 0 Å². The number of hydrogen-bond acceptors (Lipinski definition) is 3. The van der Waals surface area contributed by atoms with Crippen molar-refractivity contribution in [3.63, 3.8) is 0 Å². The molecule has 1 aromatic rings. The number of rotatable bonds is 7. The lowest BCUT2D eigenvalue weighted by atomic mass is 10.2. The summed E-state index contributed by atoms with van der Waals surface area (Å²) in [7, 11) is 3.19. The molecule has 0 saturated heterocycles. The summed E-state index contributed by atoms with van der Waals surface area (Å²) in [5, 5.41) is 0.796. The molecule has 1 amide bonds. The third-order valence-electron chi connectivity index (χ3n) is 2.58. The normalized spacial score (nSPS) is 10.5. The van der Waals surface area contributed by atoms with E-state index in [1.807, 2.05) is 0 Å². The van der Waals surface area contributed by atoms with Gasteiger partial charge in [-0.25, -0.2) is 0 Å². The van der Waals surface area contributed by atoms with Gasteiger partial charge in [0.05, 0.1) is 23.3 Å². The minimum absolute atomic E-state index is 0.118. The van der Waals surface area contributed by atoms with E-state index in [0.29, 0.717) is 41.9 Å². The van der Waals surface area contributed by atoms with Crippen LogP contribution in [0.4, 0.5) is 0 Å². The number of benzene rings is 1. The molecule has 0 aromatic heterocycles. The molecule has 0 heterocycles. The third-order valence-corrected chi connectivity index (χ3v) is 3.32. The fourth-order valence-electron chi connectivity index (χ4n) is 1.53. The summed E-state index contributed by atoms with van der Waals surface area (Å²) in [4.78, 5) is 14.0. The lowest BCUT2D eigenvalue weighted by molar-refractivity contribution is 0.0627. The molecule has 6 heteroatoms. The van der Waals surface area contributed by atoms with Crippen molar-refractivity contribution in [2.24, 2.45) is 0 Å². The first-order chi connectivity index (χ1) is 9.10. The van der Waals surface area contributed by atoms with Crippen LogP contribution in [-0.4, -0.2) is 51.3 Å². The highest BCUT2D eigenvalue weighted by atomic mass is 35.5. The maximum absolute atomic E-state index is 12.3. The van der Waals surface area contributed by atoms with E-state index in [4.69, 9.17) is 32.7 Å². The number of amides is 1.